The molecule has 1 aromatic rings. The predicted octanol–water partition coefficient (Wildman–Crippen LogP) is 2.38. The Labute approximate surface area is 123 Å². The van der Waals surface area contributed by atoms with E-state index in [2.05, 4.69) is 10.6 Å². The lowest BCUT2D eigenvalue weighted by atomic mass is 10.2. The summed E-state index contributed by atoms with van der Waals surface area (Å²) in [6.45, 7) is 2.42. The number of hydrogen-bond donors (Lipinski definition) is 3. The molecular weight excluding hydrogens is 279 g/mol. The Morgan fingerprint density at radius 2 is 2.10 bits per heavy atom. The summed E-state index contributed by atoms with van der Waals surface area (Å²) >= 11 is 1.63. The molecule has 0 aliphatic rings. The molecule has 112 valence electrons. The third kappa shape index (κ3) is 6.77. The van der Waals surface area contributed by atoms with E-state index >= 15 is 0 Å². The Bertz CT molecular complexity index is 397. The number of hydrogen-bond acceptors (Lipinski definition) is 3. The van der Waals surface area contributed by atoms with Crippen LogP contribution in [0.4, 0.5) is 9.18 Å². The lowest BCUT2D eigenvalue weighted by Gasteiger charge is -2.14. The molecule has 1 unspecified atom stereocenters. The highest BCUT2D eigenvalue weighted by Gasteiger charge is 2.07. The van der Waals surface area contributed by atoms with Crippen molar-refractivity contribution in [3.05, 3.63) is 30.1 Å². The van der Waals surface area contributed by atoms with E-state index in [1.165, 1.54) is 12.1 Å². The van der Waals surface area contributed by atoms with Crippen LogP contribution in [0.3, 0.4) is 0 Å². The highest BCUT2D eigenvalue weighted by molar-refractivity contribution is 7.99. The predicted molar refractivity (Wildman–Crippen MR) is 79.4 cm³/mol. The van der Waals surface area contributed by atoms with Gasteiger partial charge in [0.05, 0.1) is 12.6 Å². The fourth-order valence-corrected chi connectivity index (χ4v) is 2.36. The van der Waals surface area contributed by atoms with E-state index in [1.54, 1.807) is 23.9 Å². The third-order valence-corrected chi connectivity index (χ3v) is 3.84. The van der Waals surface area contributed by atoms with Gasteiger partial charge >= 0.3 is 6.03 Å². The molecule has 0 saturated carbocycles. The van der Waals surface area contributed by atoms with Gasteiger partial charge in [0.2, 0.25) is 0 Å². The Morgan fingerprint density at radius 3 is 2.70 bits per heavy atom. The summed E-state index contributed by atoms with van der Waals surface area (Å²) < 4.78 is 12.7. The first kappa shape index (κ1) is 16.8. The summed E-state index contributed by atoms with van der Waals surface area (Å²) in [5, 5.41) is 14.4. The van der Waals surface area contributed by atoms with Crippen molar-refractivity contribution in [2.24, 2.45) is 0 Å². The van der Waals surface area contributed by atoms with Crippen LogP contribution in [-0.4, -0.2) is 36.1 Å². The summed E-state index contributed by atoms with van der Waals surface area (Å²) in [5.41, 5.74) is 0. The fraction of sp³-hybridized carbons (Fsp3) is 0.500. The topological polar surface area (TPSA) is 61.4 Å². The van der Waals surface area contributed by atoms with Crippen LogP contribution in [0.2, 0.25) is 0 Å². The van der Waals surface area contributed by atoms with Crippen LogP contribution in [0, 0.1) is 5.82 Å². The van der Waals surface area contributed by atoms with Crippen LogP contribution in [0.1, 0.15) is 19.8 Å². The highest BCUT2D eigenvalue weighted by Crippen LogP contribution is 2.18. The van der Waals surface area contributed by atoms with Crippen molar-refractivity contribution < 1.29 is 14.3 Å². The summed E-state index contributed by atoms with van der Waals surface area (Å²) in [5.74, 6) is 0.616. The monoisotopic (exact) mass is 300 g/mol. The van der Waals surface area contributed by atoms with Crippen molar-refractivity contribution in [1.29, 1.82) is 0 Å². The Morgan fingerprint density at radius 1 is 1.40 bits per heavy atom. The van der Waals surface area contributed by atoms with Gasteiger partial charge in [-0.1, -0.05) is 6.92 Å². The SMILES string of the molecule is CCC(CO)NC(=O)NCCCSc1ccc(F)cc1. The summed E-state index contributed by atoms with van der Waals surface area (Å²) in [6, 6.07) is 5.92. The number of nitrogens with one attached hydrogen (secondary N) is 2. The lowest BCUT2D eigenvalue weighted by molar-refractivity contribution is 0.214. The standard InChI is InChI=1S/C14H21FN2O2S/c1-2-12(10-18)17-14(19)16-8-3-9-20-13-6-4-11(15)5-7-13/h4-7,12,18H,2-3,8-10H2,1H3,(H2,16,17,19). The Balaban J connectivity index is 2.09. The minimum absolute atomic E-state index is 0.0513. The molecule has 0 aromatic heterocycles. The van der Waals surface area contributed by atoms with Gasteiger partial charge in [-0.25, -0.2) is 9.18 Å². The van der Waals surface area contributed by atoms with E-state index in [-0.39, 0.29) is 24.5 Å². The molecular formula is C14H21FN2O2S. The molecule has 0 aliphatic heterocycles. The van der Waals surface area contributed by atoms with E-state index in [9.17, 15) is 9.18 Å². The number of benzene rings is 1. The summed E-state index contributed by atoms with van der Waals surface area (Å²) in [7, 11) is 0. The third-order valence-electron chi connectivity index (χ3n) is 2.74. The first-order valence-corrected chi connectivity index (χ1v) is 7.67. The van der Waals surface area contributed by atoms with Crippen molar-refractivity contribution in [3.63, 3.8) is 0 Å². The van der Waals surface area contributed by atoms with Crippen molar-refractivity contribution in [3.8, 4) is 0 Å². The van der Waals surface area contributed by atoms with Crippen LogP contribution in [0.5, 0.6) is 0 Å². The number of aliphatic hydroxyl groups is 1. The maximum atomic E-state index is 12.7. The van der Waals surface area contributed by atoms with Gasteiger partial charge in [-0.15, -0.1) is 11.8 Å². The van der Waals surface area contributed by atoms with E-state index in [1.807, 2.05) is 6.92 Å². The number of aliphatic hydroxyl groups excluding tert-OH is 1. The van der Waals surface area contributed by atoms with Crippen LogP contribution < -0.4 is 10.6 Å². The zero-order valence-electron chi connectivity index (χ0n) is 11.6. The molecule has 0 heterocycles. The minimum Gasteiger partial charge on any atom is -0.394 e. The van der Waals surface area contributed by atoms with Crippen molar-refractivity contribution in [2.75, 3.05) is 18.9 Å². The van der Waals surface area contributed by atoms with E-state index in [0.717, 1.165) is 17.1 Å². The van der Waals surface area contributed by atoms with E-state index < -0.39 is 0 Å². The number of carbonyl (C=O) groups excluding carboxylic acids is 1. The van der Waals surface area contributed by atoms with Crippen molar-refractivity contribution in [1.82, 2.24) is 10.6 Å². The number of urea groups is 1. The van der Waals surface area contributed by atoms with Crippen LogP contribution in [-0.2, 0) is 0 Å². The van der Waals surface area contributed by atoms with Gasteiger partial charge in [0, 0.05) is 11.4 Å². The molecule has 1 atom stereocenters. The minimum atomic E-state index is -0.252. The second kappa shape index (κ2) is 9.61. The van der Waals surface area contributed by atoms with Gasteiger partial charge < -0.3 is 15.7 Å². The Kier molecular flexibility index (Phi) is 8.06. The van der Waals surface area contributed by atoms with Gasteiger partial charge in [0.25, 0.3) is 0 Å². The smallest absolute Gasteiger partial charge is 0.315 e. The van der Waals surface area contributed by atoms with Gasteiger partial charge in [0.1, 0.15) is 5.82 Å². The fourth-order valence-electron chi connectivity index (χ4n) is 1.51. The molecule has 0 fully saturated rings. The zero-order chi connectivity index (χ0) is 14.8. The van der Waals surface area contributed by atoms with Crippen LogP contribution in [0.25, 0.3) is 0 Å². The second-order valence-corrected chi connectivity index (χ2v) is 5.51. The first-order chi connectivity index (χ1) is 9.65. The molecule has 0 spiro atoms. The second-order valence-electron chi connectivity index (χ2n) is 4.34. The zero-order valence-corrected chi connectivity index (χ0v) is 12.4. The molecule has 0 saturated heterocycles. The quantitative estimate of drug-likeness (QED) is 0.510. The van der Waals surface area contributed by atoms with E-state index in [0.29, 0.717) is 13.0 Å². The molecule has 1 rings (SSSR count). The number of rotatable bonds is 8. The van der Waals surface area contributed by atoms with Crippen LogP contribution in [0.15, 0.2) is 29.2 Å². The first-order valence-electron chi connectivity index (χ1n) is 6.69. The average molecular weight is 300 g/mol. The van der Waals surface area contributed by atoms with Crippen LogP contribution >= 0.6 is 11.8 Å². The summed E-state index contributed by atoms with van der Waals surface area (Å²) in [4.78, 5) is 12.5. The summed E-state index contributed by atoms with van der Waals surface area (Å²) in [6.07, 6.45) is 1.52. The molecule has 0 aliphatic carbocycles. The number of thioether (sulfide) groups is 1. The van der Waals surface area contributed by atoms with Crippen molar-refractivity contribution >= 4 is 17.8 Å². The maximum Gasteiger partial charge on any atom is 0.315 e. The normalized spacial score (nSPS) is 11.9. The molecule has 0 bridgehead atoms. The van der Waals surface area contributed by atoms with Gasteiger partial charge in [-0.2, -0.15) is 0 Å². The largest absolute Gasteiger partial charge is 0.394 e. The molecule has 3 N–H and O–H groups in total. The molecule has 1 aromatic carbocycles. The van der Waals surface area contributed by atoms with Gasteiger partial charge in [0.15, 0.2) is 0 Å². The number of halogens is 1. The molecule has 4 nitrogen and oxygen atoms in total. The number of amides is 2. The van der Waals surface area contributed by atoms with E-state index in [4.69, 9.17) is 5.11 Å². The molecule has 20 heavy (non-hydrogen) atoms. The van der Waals surface area contributed by atoms with Gasteiger partial charge in [-0.05, 0) is 42.9 Å². The molecule has 0 radical (unpaired) electrons. The highest BCUT2D eigenvalue weighted by atomic mass is 32.2. The lowest BCUT2D eigenvalue weighted by Crippen LogP contribution is -2.43. The van der Waals surface area contributed by atoms with Gasteiger partial charge in [-0.3, -0.25) is 0 Å². The average Bonchev–Trinajstić information content (AvgIpc) is 2.46. The molecule has 6 heteroatoms. The maximum absolute atomic E-state index is 12.7. The van der Waals surface area contributed by atoms with Crippen molar-refractivity contribution in [2.45, 2.75) is 30.7 Å². The Hall–Kier alpha value is -1.27. The number of carbonyl (C=O) groups is 1. The molecule has 2 amide bonds.